The van der Waals surface area contributed by atoms with E-state index in [1.54, 1.807) is 7.11 Å². The summed E-state index contributed by atoms with van der Waals surface area (Å²) in [5, 5.41) is 3.46. The molecule has 0 amide bonds. The van der Waals surface area contributed by atoms with E-state index in [9.17, 15) is 0 Å². The molecular weight excluding hydrogens is 290 g/mol. The van der Waals surface area contributed by atoms with E-state index in [-0.39, 0.29) is 0 Å². The van der Waals surface area contributed by atoms with Gasteiger partial charge in [0.05, 0.1) is 13.7 Å². The lowest BCUT2D eigenvalue weighted by Crippen LogP contribution is -2.40. The Morgan fingerprint density at radius 2 is 2.04 bits per heavy atom. The van der Waals surface area contributed by atoms with Gasteiger partial charge in [-0.15, -0.1) is 0 Å². The number of hydrogen-bond donors (Lipinski definition) is 1. The van der Waals surface area contributed by atoms with E-state index < -0.39 is 0 Å². The van der Waals surface area contributed by atoms with Crippen molar-refractivity contribution in [2.45, 2.75) is 32.6 Å². The number of likely N-dealkylation sites (tertiary alicyclic amines) is 1. The van der Waals surface area contributed by atoms with Crippen molar-refractivity contribution in [1.29, 1.82) is 0 Å². The average molecular weight is 319 g/mol. The molecule has 1 aromatic carbocycles. The largest absolute Gasteiger partial charge is 0.493 e. The number of ether oxygens (including phenoxy) is 2. The molecule has 1 aliphatic rings. The minimum absolute atomic E-state index is 0.646. The van der Waals surface area contributed by atoms with Crippen LogP contribution in [0.25, 0.3) is 0 Å². The summed E-state index contributed by atoms with van der Waals surface area (Å²) in [5.41, 5.74) is 1.27. The van der Waals surface area contributed by atoms with Crippen LogP contribution < -0.4 is 14.8 Å². The van der Waals surface area contributed by atoms with Crippen LogP contribution in [-0.2, 0) is 6.42 Å². The summed E-state index contributed by atoms with van der Waals surface area (Å²) in [6.45, 7) is 5.80. The van der Waals surface area contributed by atoms with Gasteiger partial charge in [-0.2, -0.15) is 0 Å². The highest BCUT2D eigenvalue weighted by Gasteiger charge is 2.15. The third-order valence-corrected chi connectivity index (χ3v) is 4.07. The SMILES string of the molecule is CCOc1cc(CCCNC(=NC)N2CCCC2)ccc1OC. The van der Waals surface area contributed by atoms with Crippen molar-refractivity contribution in [3.63, 3.8) is 0 Å². The van der Waals surface area contributed by atoms with Gasteiger partial charge in [0, 0.05) is 26.7 Å². The van der Waals surface area contributed by atoms with E-state index in [0.29, 0.717) is 6.61 Å². The third kappa shape index (κ3) is 5.05. The first-order valence-corrected chi connectivity index (χ1v) is 8.53. The van der Waals surface area contributed by atoms with Crippen molar-refractivity contribution in [3.8, 4) is 11.5 Å². The normalized spacial score (nSPS) is 14.9. The number of nitrogens with one attached hydrogen (secondary N) is 1. The number of aryl methyl sites for hydroxylation is 1. The van der Waals surface area contributed by atoms with Gasteiger partial charge in [-0.05, 0) is 50.3 Å². The lowest BCUT2D eigenvalue weighted by Gasteiger charge is -2.20. The maximum atomic E-state index is 5.63. The molecular formula is C18H29N3O2. The van der Waals surface area contributed by atoms with Gasteiger partial charge in [0.2, 0.25) is 0 Å². The molecule has 0 aromatic heterocycles. The highest BCUT2D eigenvalue weighted by atomic mass is 16.5. The fraction of sp³-hybridized carbons (Fsp3) is 0.611. The topological polar surface area (TPSA) is 46.1 Å². The molecule has 0 radical (unpaired) electrons. The minimum atomic E-state index is 0.646. The molecule has 0 spiro atoms. The maximum absolute atomic E-state index is 5.63. The van der Waals surface area contributed by atoms with E-state index in [0.717, 1.165) is 49.9 Å². The number of aliphatic imine (C=N–C) groups is 1. The van der Waals surface area contributed by atoms with E-state index >= 15 is 0 Å². The van der Waals surface area contributed by atoms with Crippen LogP contribution in [-0.4, -0.2) is 51.3 Å². The summed E-state index contributed by atoms with van der Waals surface area (Å²) in [4.78, 5) is 6.70. The Bertz CT molecular complexity index is 511. The number of hydrogen-bond acceptors (Lipinski definition) is 3. The molecule has 0 saturated carbocycles. The first-order valence-electron chi connectivity index (χ1n) is 8.53. The number of guanidine groups is 1. The van der Waals surface area contributed by atoms with Crippen LogP contribution in [0.3, 0.4) is 0 Å². The van der Waals surface area contributed by atoms with Gasteiger partial charge in [0.25, 0.3) is 0 Å². The van der Waals surface area contributed by atoms with Crippen LogP contribution in [0.4, 0.5) is 0 Å². The zero-order chi connectivity index (χ0) is 16.5. The lowest BCUT2D eigenvalue weighted by atomic mass is 10.1. The van der Waals surface area contributed by atoms with Gasteiger partial charge in [-0.3, -0.25) is 4.99 Å². The highest BCUT2D eigenvalue weighted by molar-refractivity contribution is 5.80. The zero-order valence-electron chi connectivity index (χ0n) is 14.6. The van der Waals surface area contributed by atoms with Gasteiger partial charge < -0.3 is 19.7 Å². The van der Waals surface area contributed by atoms with Crippen molar-refractivity contribution in [3.05, 3.63) is 23.8 Å². The van der Waals surface area contributed by atoms with Crippen molar-refractivity contribution in [2.24, 2.45) is 4.99 Å². The standard InChI is InChI=1S/C18H29N3O2/c1-4-23-17-14-15(9-10-16(17)22-3)8-7-11-20-18(19-2)21-12-5-6-13-21/h9-10,14H,4-8,11-13H2,1-3H3,(H,19,20). The molecule has 0 unspecified atom stereocenters. The zero-order valence-corrected chi connectivity index (χ0v) is 14.6. The molecule has 0 atom stereocenters. The summed E-state index contributed by atoms with van der Waals surface area (Å²) in [7, 11) is 3.53. The molecule has 5 nitrogen and oxygen atoms in total. The van der Waals surface area contributed by atoms with E-state index in [4.69, 9.17) is 9.47 Å². The predicted molar refractivity (Wildman–Crippen MR) is 94.7 cm³/mol. The number of benzene rings is 1. The van der Waals surface area contributed by atoms with Gasteiger partial charge in [0.15, 0.2) is 17.5 Å². The van der Waals surface area contributed by atoms with Crippen molar-refractivity contribution < 1.29 is 9.47 Å². The molecule has 1 aromatic rings. The fourth-order valence-corrected chi connectivity index (χ4v) is 2.90. The van der Waals surface area contributed by atoms with Gasteiger partial charge >= 0.3 is 0 Å². The average Bonchev–Trinajstić information content (AvgIpc) is 3.10. The molecule has 128 valence electrons. The lowest BCUT2D eigenvalue weighted by molar-refractivity contribution is 0.310. The molecule has 0 bridgehead atoms. The van der Waals surface area contributed by atoms with Gasteiger partial charge in [-0.25, -0.2) is 0 Å². The van der Waals surface area contributed by atoms with E-state index in [1.165, 1.54) is 18.4 Å². The van der Waals surface area contributed by atoms with Crippen molar-refractivity contribution >= 4 is 5.96 Å². The first-order chi connectivity index (χ1) is 11.3. The summed E-state index contributed by atoms with van der Waals surface area (Å²) >= 11 is 0. The molecule has 2 rings (SSSR count). The fourth-order valence-electron chi connectivity index (χ4n) is 2.90. The Labute approximate surface area is 139 Å². The van der Waals surface area contributed by atoms with Crippen LogP contribution in [0, 0.1) is 0 Å². The molecule has 1 saturated heterocycles. The molecule has 1 aliphatic heterocycles. The summed E-state index contributed by atoms with van der Waals surface area (Å²) in [6, 6.07) is 6.17. The summed E-state index contributed by atoms with van der Waals surface area (Å²) in [5.74, 6) is 2.66. The van der Waals surface area contributed by atoms with E-state index in [1.807, 2.05) is 20.0 Å². The molecule has 0 aliphatic carbocycles. The van der Waals surface area contributed by atoms with Crippen LogP contribution in [0.15, 0.2) is 23.2 Å². The van der Waals surface area contributed by atoms with Crippen LogP contribution >= 0.6 is 0 Å². The van der Waals surface area contributed by atoms with Gasteiger partial charge in [0.1, 0.15) is 0 Å². The second-order valence-corrected chi connectivity index (χ2v) is 5.69. The molecule has 1 heterocycles. The highest BCUT2D eigenvalue weighted by Crippen LogP contribution is 2.28. The second kappa shape index (κ2) is 9.28. The molecule has 1 N–H and O–H groups in total. The summed E-state index contributed by atoms with van der Waals surface area (Å²) < 4.78 is 11.0. The number of nitrogens with zero attached hydrogens (tertiary/aromatic N) is 2. The Hall–Kier alpha value is -1.91. The third-order valence-electron chi connectivity index (χ3n) is 4.07. The van der Waals surface area contributed by atoms with Gasteiger partial charge in [-0.1, -0.05) is 6.07 Å². The molecule has 5 heteroatoms. The monoisotopic (exact) mass is 319 g/mol. The first kappa shape index (κ1) is 17.4. The van der Waals surface area contributed by atoms with E-state index in [2.05, 4.69) is 27.3 Å². The Morgan fingerprint density at radius 1 is 1.26 bits per heavy atom. The Kier molecular flexibility index (Phi) is 7.04. The predicted octanol–water partition coefficient (Wildman–Crippen LogP) is 2.70. The Balaban J connectivity index is 1.80. The number of methoxy groups -OCH3 is 1. The maximum Gasteiger partial charge on any atom is 0.193 e. The van der Waals surface area contributed by atoms with Crippen LogP contribution in [0.2, 0.25) is 0 Å². The summed E-state index contributed by atoms with van der Waals surface area (Å²) in [6.07, 6.45) is 4.61. The minimum Gasteiger partial charge on any atom is -0.493 e. The smallest absolute Gasteiger partial charge is 0.193 e. The van der Waals surface area contributed by atoms with Crippen molar-refractivity contribution in [2.75, 3.05) is 40.4 Å². The van der Waals surface area contributed by atoms with Crippen molar-refractivity contribution in [1.82, 2.24) is 10.2 Å². The van der Waals surface area contributed by atoms with Crippen LogP contribution in [0.5, 0.6) is 11.5 Å². The Morgan fingerprint density at radius 3 is 2.70 bits per heavy atom. The molecule has 23 heavy (non-hydrogen) atoms. The quantitative estimate of drug-likeness (QED) is 0.477. The van der Waals surface area contributed by atoms with Crippen LogP contribution in [0.1, 0.15) is 31.7 Å². The number of rotatable bonds is 7. The second-order valence-electron chi connectivity index (χ2n) is 5.69. The molecule has 1 fully saturated rings.